The minimum Gasteiger partial charge on any atom is -0.464 e. The molecule has 32 heavy (non-hydrogen) atoms. The molecule has 0 N–H and O–H groups in total. The molecule has 1 atom stereocenters. The summed E-state index contributed by atoms with van der Waals surface area (Å²) in [5.74, 6) is -0.985. The summed E-state index contributed by atoms with van der Waals surface area (Å²) in [6.07, 6.45) is 0. The van der Waals surface area contributed by atoms with Crippen molar-refractivity contribution < 1.29 is 19.1 Å². The van der Waals surface area contributed by atoms with Crippen LogP contribution in [0.3, 0.4) is 0 Å². The molecular formula is C22H20ClN3O4S2. The number of halogens is 1. The second-order valence-electron chi connectivity index (χ2n) is 6.75. The zero-order valence-corrected chi connectivity index (χ0v) is 20.0. The molecule has 0 radical (unpaired) electrons. The lowest BCUT2D eigenvalue weighted by atomic mass is 10.2. The first-order valence-electron chi connectivity index (χ1n) is 9.75. The van der Waals surface area contributed by atoms with Crippen molar-refractivity contribution in [1.82, 2.24) is 0 Å². The Morgan fingerprint density at radius 1 is 1.06 bits per heavy atom. The number of carbonyl (C=O) groups excluding carboxylic acids is 2. The van der Waals surface area contributed by atoms with Crippen molar-refractivity contribution in [3.05, 3.63) is 70.2 Å². The van der Waals surface area contributed by atoms with Gasteiger partial charge in [-0.25, -0.2) is 14.6 Å². The summed E-state index contributed by atoms with van der Waals surface area (Å²) >= 11 is 8.75. The smallest absolute Gasteiger partial charge is 0.365 e. The van der Waals surface area contributed by atoms with Gasteiger partial charge in [0.2, 0.25) is 9.37 Å². The molecule has 0 bridgehead atoms. The van der Waals surface area contributed by atoms with Crippen LogP contribution in [-0.2, 0) is 19.1 Å². The van der Waals surface area contributed by atoms with Crippen molar-refractivity contribution in [2.45, 2.75) is 18.2 Å². The fourth-order valence-corrected chi connectivity index (χ4v) is 6.59. The van der Waals surface area contributed by atoms with Crippen LogP contribution in [0.2, 0.25) is 5.02 Å². The molecule has 0 amide bonds. The maximum atomic E-state index is 12.8. The molecule has 4 rings (SSSR count). The van der Waals surface area contributed by atoms with Crippen molar-refractivity contribution in [3.8, 4) is 0 Å². The summed E-state index contributed by atoms with van der Waals surface area (Å²) < 4.78 is 9.23. The van der Waals surface area contributed by atoms with Gasteiger partial charge in [0.25, 0.3) is 0 Å². The van der Waals surface area contributed by atoms with Crippen LogP contribution >= 0.6 is 35.1 Å². The monoisotopic (exact) mass is 489 g/mol. The number of rotatable bonds is 5. The highest BCUT2D eigenvalue weighted by Gasteiger charge is 2.58. The molecule has 0 unspecified atom stereocenters. The zero-order chi connectivity index (χ0) is 22.9. The lowest BCUT2D eigenvalue weighted by Gasteiger charge is -2.41. The molecule has 2 aliphatic rings. The van der Waals surface area contributed by atoms with Crippen molar-refractivity contribution in [2.24, 2.45) is 5.10 Å². The fraction of sp³-hybridized carbons (Fsp3) is 0.227. The van der Waals surface area contributed by atoms with E-state index in [1.807, 2.05) is 48.2 Å². The van der Waals surface area contributed by atoms with E-state index in [9.17, 15) is 9.59 Å². The van der Waals surface area contributed by atoms with Gasteiger partial charge in [0.15, 0.2) is 0 Å². The van der Waals surface area contributed by atoms with E-state index in [4.69, 9.17) is 21.1 Å². The van der Waals surface area contributed by atoms with Crippen LogP contribution in [0.4, 0.5) is 11.4 Å². The number of hydrazone groups is 1. The SMILES string of the molecule is CCOC(=O)C1=C(C)N(c2ccccc2)[C@]2(SC(C(=O)OC)=NN2c2cccc(Cl)c2)S1. The minimum absolute atomic E-state index is 0.166. The van der Waals surface area contributed by atoms with Crippen molar-refractivity contribution in [1.29, 1.82) is 0 Å². The highest BCUT2D eigenvalue weighted by atomic mass is 35.5. The number of nitrogens with zero attached hydrogens (tertiary/aromatic N) is 3. The number of anilines is 2. The van der Waals surface area contributed by atoms with E-state index in [2.05, 4.69) is 5.10 Å². The zero-order valence-electron chi connectivity index (χ0n) is 17.6. The Morgan fingerprint density at radius 2 is 1.78 bits per heavy atom. The number of para-hydroxylation sites is 1. The van der Waals surface area contributed by atoms with E-state index in [-0.39, 0.29) is 11.7 Å². The van der Waals surface area contributed by atoms with Crippen LogP contribution in [0, 0.1) is 0 Å². The van der Waals surface area contributed by atoms with Gasteiger partial charge in [-0.2, -0.15) is 5.10 Å². The standard InChI is InChI=1S/C22H20ClN3O4S2/c1-4-30-20(27)18-14(2)25(16-10-6-5-7-11-16)22(31-18)26(17-12-8-9-15(23)13-17)24-19(32-22)21(28)29-3/h5-13H,4H2,1-3H3/t22-/m1/s1. The van der Waals surface area contributed by atoms with Crippen molar-refractivity contribution in [2.75, 3.05) is 23.6 Å². The summed E-state index contributed by atoms with van der Waals surface area (Å²) in [6, 6.07) is 16.8. The molecule has 1 spiro atoms. The van der Waals surface area contributed by atoms with Crippen LogP contribution in [0.1, 0.15) is 13.8 Å². The Balaban J connectivity index is 1.90. The van der Waals surface area contributed by atoms with Crippen molar-refractivity contribution in [3.63, 3.8) is 0 Å². The van der Waals surface area contributed by atoms with E-state index in [0.29, 0.717) is 21.3 Å². The average molecular weight is 490 g/mol. The second kappa shape index (κ2) is 9.09. The lowest BCUT2D eigenvalue weighted by Crippen LogP contribution is -2.49. The Morgan fingerprint density at radius 3 is 2.44 bits per heavy atom. The van der Waals surface area contributed by atoms with Gasteiger partial charge in [0.1, 0.15) is 4.91 Å². The van der Waals surface area contributed by atoms with Crippen molar-refractivity contribution >= 4 is 63.5 Å². The van der Waals surface area contributed by atoms with E-state index >= 15 is 0 Å². The first kappa shape index (κ1) is 22.6. The Hall–Kier alpha value is -2.62. The quantitative estimate of drug-likeness (QED) is 0.541. The third-order valence-corrected chi connectivity index (χ3v) is 7.84. The third-order valence-electron chi connectivity index (χ3n) is 4.76. The maximum Gasteiger partial charge on any atom is 0.365 e. The molecule has 2 heterocycles. The molecule has 7 nitrogen and oxygen atoms in total. The molecule has 0 saturated heterocycles. The fourth-order valence-electron chi connectivity index (χ4n) is 3.43. The van der Waals surface area contributed by atoms with Crippen LogP contribution < -0.4 is 9.91 Å². The van der Waals surface area contributed by atoms with Gasteiger partial charge in [0, 0.05) is 16.4 Å². The van der Waals surface area contributed by atoms with Crippen LogP contribution in [0.25, 0.3) is 0 Å². The summed E-state index contributed by atoms with van der Waals surface area (Å²) in [4.78, 5) is 27.7. The van der Waals surface area contributed by atoms with Gasteiger partial charge in [-0.1, -0.05) is 47.6 Å². The van der Waals surface area contributed by atoms with Gasteiger partial charge >= 0.3 is 11.9 Å². The Bertz CT molecular complexity index is 1130. The number of ether oxygens (including phenoxy) is 2. The molecule has 166 valence electrons. The normalized spacial score (nSPS) is 20.1. The third kappa shape index (κ3) is 3.85. The topological polar surface area (TPSA) is 71.4 Å². The van der Waals surface area contributed by atoms with Crippen LogP contribution in [0.5, 0.6) is 0 Å². The second-order valence-corrected chi connectivity index (χ2v) is 9.78. The Kier molecular flexibility index (Phi) is 6.41. The molecule has 2 aromatic rings. The molecule has 2 aromatic carbocycles. The highest BCUT2D eigenvalue weighted by Crippen LogP contribution is 2.60. The van der Waals surface area contributed by atoms with Gasteiger partial charge in [-0.05, 0) is 55.9 Å². The molecule has 0 aliphatic carbocycles. The lowest BCUT2D eigenvalue weighted by molar-refractivity contribution is -0.137. The number of methoxy groups -OCH3 is 1. The largest absolute Gasteiger partial charge is 0.464 e. The number of benzene rings is 2. The summed E-state index contributed by atoms with van der Waals surface area (Å²) in [5.41, 5.74) is 2.19. The number of thioether (sulfide) groups is 2. The molecule has 0 saturated carbocycles. The average Bonchev–Trinajstić information content (AvgIpc) is 3.31. The van der Waals surface area contributed by atoms with E-state index in [1.54, 1.807) is 30.1 Å². The molecule has 0 aromatic heterocycles. The first-order valence-corrected chi connectivity index (χ1v) is 11.8. The number of esters is 2. The van der Waals surface area contributed by atoms with E-state index in [0.717, 1.165) is 5.69 Å². The van der Waals surface area contributed by atoms with Crippen LogP contribution in [-0.4, -0.2) is 35.0 Å². The summed E-state index contributed by atoms with van der Waals surface area (Å²) in [5, 5.41) is 6.98. The van der Waals surface area contributed by atoms with E-state index in [1.165, 1.54) is 30.6 Å². The highest BCUT2D eigenvalue weighted by molar-refractivity contribution is 8.29. The summed E-state index contributed by atoms with van der Waals surface area (Å²) in [7, 11) is 1.31. The number of hydrogen-bond donors (Lipinski definition) is 0. The van der Waals surface area contributed by atoms with Gasteiger partial charge in [-0.15, -0.1) is 0 Å². The molecule has 10 heteroatoms. The molecule has 2 aliphatic heterocycles. The number of hydrogen-bond acceptors (Lipinski definition) is 9. The molecular weight excluding hydrogens is 470 g/mol. The number of allylic oxidation sites excluding steroid dienone is 1. The summed E-state index contributed by atoms with van der Waals surface area (Å²) in [6.45, 7) is 3.87. The first-order chi connectivity index (χ1) is 15.4. The predicted octanol–water partition coefficient (Wildman–Crippen LogP) is 5.04. The van der Waals surface area contributed by atoms with Gasteiger partial charge in [0.05, 0.1) is 19.4 Å². The van der Waals surface area contributed by atoms with Gasteiger partial charge in [-0.3, -0.25) is 0 Å². The van der Waals surface area contributed by atoms with Gasteiger partial charge < -0.3 is 14.4 Å². The molecule has 0 fully saturated rings. The minimum atomic E-state index is -1.04. The Labute approximate surface area is 199 Å². The predicted molar refractivity (Wildman–Crippen MR) is 130 cm³/mol. The van der Waals surface area contributed by atoms with Crippen LogP contribution in [0.15, 0.2) is 70.3 Å². The number of carbonyl (C=O) groups is 2. The van der Waals surface area contributed by atoms with E-state index < -0.39 is 16.3 Å². The maximum absolute atomic E-state index is 12.8.